The van der Waals surface area contributed by atoms with Crippen LogP contribution in [0, 0.1) is 6.92 Å². The molecule has 1 aliphatic rings. The van der Waals surface area contributed by atoms with Gasteiger partial charge in [0.15, 0.2) is 11.5 Å². The molecule has 8 nitrogen and oxygen atoms in total. The largest absolute Gasteiger partial charge is 0.409 e. The van der Waals surface area contributed by atoms with Gasteiger partial charge < -0.3 is 20.4 Å². The van der Waals surface area contributed by atoms with Crippen molar-refractivity contribution >= 4 is 11.7 Å². The summed E-state index contributed by atoms with van der Waals surface area (Å²) in [7, 11) is 0. The highest BCUT2D eigenvalue weighted by atomic mass is 16.5. The zero-order valence-electron chi connectivity index (χ0n) is 11.6. The predicted octanol–water partition coefficient (Wildman–Crippen LogP) is -0.124. The Morgan fingerprint density at radius 3 is 2.65 bits per heavy atom. The summed E-state index contributed by atoms with van der Waals surface area (Å²) >= 11 is 0. The third-order valence-electron chi connectivity index (χ3n) is 3.54. The zero-order valence-corrected chi connectivity index (χ0v) is 11.6. The molecule has 1 fully saturated rings. The van der Waals surface area contributed by atoms with E-state index < -0.39 is 0 Å². The molecule has 2 heterocycles. The number of aryl methyl sites for hydroxylation is 1. The number of nitrogens with zero attached hydrogens (tertiary/aromatic N) is 4. The maximum atomic E-state index is 12.2. The zero-order chi connectivity index (χ0) is 14.7. The second-order valence-corrected chi connectivity index (χ2v) is 4.85. The summed E-state index contributed by atoms with van der Waals surface area (Å²) in [5.41, 5.74) is 5.92. The third kappa shape index (κ3) is 2.90. The lowest BCUT2D eigenvalue weighted by atomic mass is 10.2. The van der Waals surface area contributed by atoms with E-state index in [-0.39, 0.29) is 17.8 Å². The van der Waals surface area contributed by atoms with Gasteiger partial charge in [0, 0.05) is 32.2 Å². The second kappa shape index (κ2) is 5.91. The Morgan fingerprint density at radius 2 is 2.15 bits per heavy atom. The number of carbonyl (C=O) groups excluding carboxylic acids is 1. The van der Waals surface area contributed by atoms with E-state index in [1.165, 1.54) is 0 Å². The first-order valence-corrected chi connectivity index (χ1v) is 6.47. The van der Waals surface area contributed by atoms with E-state index in [1.54, 1.807) is 17.9 Å². The fourth-order valence-corrected chi connectivity index (χ4v) is 2.21. The van der Waals surface area contributed by atoms with Crippen LogP contribution in [-0.2, 0) is 0 Å². The molecule has 8 heteroatoms. The van der Waals surface area contributed by atoms with Crippen LogP contribution >= 0.6 is 0 Å². The Bertz CT molecular complexity index is 505. The minimum absolute atomic E-state index is 0.127. The number of hydrogen-bond acceptors (Lipinski definition) is 6. The number of piperazine rings is 1. The Labute approximate surface area is 116 Å². The summed E-state index contributed by atoms with van der Waals surface area (Å²) in [5, 5.41) is 15.4. The molecule has 1 atom stereocenters. The van der Waals surface area contributed by atoms with Gasteiger partial charge in [-0.15, -0.1) is 0 Å². The Kier molecular flexibility index (Phi) is 4.23. The smallest absolute Gasteiger partial charge is 0.276 e. The topological polar surface area (TPSA) is 108 Å². The third-order valence-corrected chi connectivity index (χ3v) is 3.54. The lowest BCUT2D eigenvalue weighted by Crippen LogP contribution is -2.54. The van der Waals surface area contributed by atoms with Gasteiger partial charge >= 0.3 is 0 Å². The summed E-state index contributed by atoms with van der Waals surface area (Å²) in [6.45, 7) is 6.11. The highest BCUT2D eigenvalue weighted by Gasteiger charge is 2.27. The quantitative estimate of drug-likeness (QED) is 0.346. The fraction of sp³-hybridized carbons (Fsp3) is 0.583. The highest BCUT2D eigenvalue weighted by Crippen LogP contribution is 2.11. The molecule has 0 saturated carbocycles. The molecule has 1 aliphatic heterocycles. The molecule has 1 unspecified atom stereocenters. The van der Waals surface area contributed by atoms with Gasteiger partial charge in [-0.25, -0.2) is 0 Å². The molecule has 110 valence electrons. The Morgan fingerprint density at radius 1 is 1.50 bits per heavy atom. The van der Waals surface area contributed by atoms with Crippen molar-refractivity contribution in [2.75, 3.05) is 26.2 Å². The molecule has 0 radical (unpaired) electrons. The molecule has 0 bridgehead atoms. The molecule has 0 aliphatic carbocycles. The standard InChI is InChI=1S/C12H19N5O3/c1-8-7-10(15-20-8)12(18)17-5-3-16(4-6-17)9(2)11(13)14-19/h7,9,19H,3-6H2,1-2H3,(H2,13,14). The van der Waals surface area contributed by atoms with E-state index in [4.69, 9.17) is 15.5 Å². The highest BCUT2D eigenvalue weighted by molar-refractivity contribution is 5.92. The summed E-state index contributed by atoms with van der Waals surface area (Å²) in [6, 6.07) is 1.49. The van der Waals surface area contributed by atoms with E-state index >= 15 is 0 Å². The van der Waals surface area contributed by atoms with Gasteiger partial charge in [-0.05, 0) is 13.8 Å². The number of amides is 1. The van der Waals surface area contributed by atoms with Crippen molar-refractivity contribution in [3.63, 3.8) is 0 Å². The molecule has 3 N–H and O–H groups in total. The normalized spacial score (nSPS) is 19.1. The number of oxime groups is 1. The number of rotatable bonds is 3. The molecular weight excluding hydrogens is 262 g/mol. The van der Waals surface area contributed by atoms with Crippen molar-refractivity contribution in [3.05, 3.63) is 17.5 Å². The molecule has 0 aromatic carbocycles. The van der Waals surface area contributed by atoms with Crippen molar-refractivity contribution in [1.82, 2.24) is 15.0 Å². The van der Waals surface area contributed by atoms with Crippen molar-refractivity contribution in [2.24, 2.45) is 10.9 Å². The van der Waals surface area contributed by atoms with Gasteiger partial charge in [-0.3, -0.25) is 9.69 Å². The minimum atomic E-state index is -0.147. The second-order valence-electron chi connectivity index (χ2n) is 4.85. The van der Waals surface area contributed by atoms with Gasteiger partial charge in [-0.1, -0.05) is 10.3 Å². The Balaban J connectivity index is 1.93. The van der Waals surface area contributed by atoms with E-state index in [0.29, 0.717) is 37.6 Å². The fourth-order valence-electron chi connectivity index (χ4n) is 2.21. The molecule has 20 heavy (non-hydrogen) atoms. The molecule has 1 aromatic rings. The average molecular weight is 281 g/mol. The molecule has 0 spiro atoms. The van der Waals surface area contributed by atoms with Crippen molar-refractivity contribution in [1.29, 1.82) is 0 Å². The van der Waals surface area contributed by atoms with Gasteiger partial charge in [-0.2, -0.15) is 0 Å². The molecule has 2 rings (SSSR count). The SMILES string of the molecule is Cc1cc(C(=O)N2CCN(C(C)C(N)=NO)CC2)no1. The van der Waals surface area contributed by atoms with Crippen LogP contribution < -0.4 is 5.73 Å². The monoisotopic (exact) mass is 281 g/mol. The summed E-state index contributed by atoms with van der Waals surface area (Å²) in [6.07, 6.45) is 0. The van der Waals surface area contributed by atoms with Gasteiger partial charge in [0.25, 0.3) is 5.91 Å². The maximum absolute atomic E-state index is 12.2. The average Bonchev–Trinajstić information content (AvgIpc) is 2.91. The van der Waals surface area contributed by atoms with E-state index in [2.05, 4.69) is 15.2 Å². The predicted molar refractivity (Wildman–Crippen MR) is 71.6 cm³/mol. The van der Waals surface area contributed by atoms with Crippen LogP contribution in [0.5, 0.6) is 0 Å². The van der Waals surface area contributed by atoms with Crippen LogP contribution in [0.4, 0.5) is 0 Å². The van der Waals surface area contributed by atoms with Crippen molar-refractivity contribution < 1.29 is 14.5 Å². The number of aromatic nitrogens is 1. The number of carbonyl (C=O) groups is 1. The van der Waals surface area contributed by atoms with Gasteiger partial charge in [0.1, 0.15) is 5.76 Å². The van der Waals surface area contributed by atoms with Crippen LogP contribution in [0.1, 0.15) is 23.2 Å². The summed E-state index contributed by atoms with van der Waals surface area (Å²) < 4.78 is 4.91. The number of hydrogen-bond donors (Lipinski definition) is 2. The molecule has 1 amide bonds. The van der Waals surface area contributed by atoms with Crippen LogP contribution in [-0.4, -0.2) is 64.1 Å². The lowest BCUT2D eigenvalue weighted by molar-refractivity contribution is 0.0609. The minimum Gasteiger partial charge on any atom is -0.409 e. The summed E-state index contributed by atoms with van der Waals surface area (Å²) in [4.78, 5) is 16.0. The van der Waals surface area contributed by atoms with Crippen molar-refractivity contribution in [2.45, 2.75) is 19.9 Å². The van der Waals surface area contributed by atoms with Gasteiger partial charge in [0.2, 0.25) is 0 Å². The molecule has 1 saturated heterocycles. The maximum Gasteiger partial charge on any atom is 0.276 e. The van der Waals surface area contributed by atoms with Crippen LogP contribution in [0.25, 0.3) is 0 Å². The first-order valence-electron chi connectivity index (χ1n) is 6.47. The van der Waals surface area contributed by atoms with Gasteiger partial charge in [0.05, 0.1) is 6.04 Å². The van der Waals surface area contributed by atoms with Crippen molar-refractivity contribution in [3.8, 4) is 0 Å². The lowest BCUT2D eigenvalue weighted by Gasteiger charge is -2.37. The first-order chi connectivity index (χ1) is 9.52. The van der Waals surface area contributed by atoms with E-state index in [0.717, 1.165) is 0 Å². The van der Waals surface area contributed by atoms with E-state index in [9.17, 15) is 4.79 Å². The number of amidine groups is 1. The number of nitrogens with two attached hydrogens (primary N) is 1. The van der Waals surface area contributed by atoms with Crippen LogP contribution in [0.15, 0.2) is 15.7 Å². The first kappa shape index (κ1) is 14.3. The Hall–Kier alpha value is -2.09. The van der Waals surface area contributed by atoms with E-state index in [1.807, 2.05) is 6.92 Å². The molecular formula is C12H19N5O3. The van der Waals surface area contributed by atoms with Crippen LogP contribution in [0.3, 0.4) is 0 Å². The molecule has 1 aromatic heterocycles. The van der Waals surface area contributed by atoms with Crippen LogP contribution in [0.2, 0.25) is 0 Å². The summed E-state index contributed by atoms with van der Waals surface area (Å²) in [5.74, 6) is 0.669.